The monoisotopic (exact) mass is 511 g/mol. The van der Waals surface area contributed by atoms with Gasteiger partial charge < -0.3 is 24.6 Å². The quantitative estimate of drug-likeness (QED) is 0.266. The lowest BCUT2D eigenvalue weighted by Gasteiger charge is -2.16. The van der Waals surface area contributed by atoms with Gasteiger partial charge in [0.1, 0.15) is 11.5 Å². The Morgan fingerprint density at radius 1 is 1.00 bits per heavy atom. The lowest BCUT2D eigenvalue weighted by molar-refractivity contribution is -0.137. The maximum Gasteiger partial charge on any atom is 0.303 e. The number of carbonyl (C=O) groups excluding carboxylic acids is 1. The summed E-state index contributed by atoms with van der Waals surface area (Å²) in [5, 5.41) is 19.8. The van der Waals surface area contributed by atoms with Crippen LogP contribution in [0.15, 0.2) is 48.5 Å². The molecule has 37 heavy (non-hydrogen) atoms. The van der Waals surface area contributed by atoms with Crippen LogP contribution in [0.5, 0.6) is 11.5 Å². The summed E-state index contributed by atoms with van der Waals surface area (Å²) in [5.74, 6) is 0.724. The highest BCUT2D eigenvalue weighted by Gasteiger charge is 2.13. The maximum atomic E-state index is 11.7. The molecule has 7 nitrogen and oxygen atoms in total. The Kier molecular flexibility index (Phi) is 13.3. The molecule has 0 heterocycles. The van der Waals surface area contributed by atoms with Crippen LogP contribution in [-0.4, -0.2) is 54.8 Å². The molecule has 0 aromatic heterocycles. The molecule has 0 saturated heterocycles. The van der Waals surface area contributed by atoms with Crippen molar-refractivity contribution in [1.29, 1.82) is 0 Å². The van der Waals surface area contributed by atoms with Crippen molar-refractivity contribution in [3.63, 3.8) is 0 Å². The number of amides is 1. The summed E-state index contributed by atoms with van der Waals surface area (Å²) < 4.78 is 11.2. The summed E-state index contributed by atoms with van der Waals surface area (Å²) in [6.07, 6.45) is 9.17. The highest BCUT2D eigenvalue weighted by atomic mass is 16.5. The first-order valence-electron chi connectivity index (χ1n) is 13.0. The molecule has 1 unspecified atom stereocenters. The Balaban J connectivity index is 1.82. The van der Waals surface area contributed by atoms with Crippen LogP contribution in [0.25, 0.3) is 6.08 Å². The number of nitrogens with zero attached hydrogens (tertiary/aromatic N) is 1. The molecule has 0 fully saturated rings. The highest BCUT2D eigenvalue weighted by molar-refractivity contribution is 5.75. The number of benzene rings is 2. The van der Waals surface area contributed by atoms with Crippen LogP contribution in [0.1, 0.15) is 74.2 Å². The lowest BCUT2D eigenvalue weighted by atomic mass is 9.98. The molecule has 0 aliphatic rings. The van der Waals surface area contributed by atoms with Crippen molar-refractivity contribution < 1.29 is 29.3 Å². The van der Waals surface area contributed by atoms with E-state index in [0.29, 0.717) is 31.6 Å². The van der Waals surface area contributed by atoms with Crippen molar-refractivity contribution in [1.82, 2.24) is 4.90 Å². The number of aryl methyl sites for hydroxylation is 1. The number of aliphatic hydroxyl groups is 1. The Morgan fingerprint density at radius 2 is 1.76 bits per heavy atom. The Bertz CT molecular complexity index is 1000. The average Bonchev–Trinajstić information content (AvgIpc) is 2.89. The molecule has 202 valence electrons. The molecular weight excluding hydrogens is 470 g/mol. The van der Waals surface area contributed by atoms with Gasteiger partial charge in [-0.25, -0.2) is 0 Å². The van der Waals surface area contributed by atoms with Gasteiger partial charge in [-0.2, -0.15) is 0 Å². The molecule has 0 radical (unpaired) electrons. The molecule has 1 atom stereocenters. The van der Waals surface area contributed by atoms with Crippen LogP contribution >= 0.6 is 0 Å². The summed E-state index contributed by atoms with van der Waals surface area (Å²) in [6, 6.07) is 13.4. The second-order valence-corrected chi connectivity index (χ2v) is 9.33. The third kappa shape index (κ3) is 11.5. The number of ether oxygens (including phenoxy) is 2. The van der Waals surface area contributed by atoms with Crippen molar-refractivity contribution in [3.05, 3.63) is 65.2 Å². The van der Waals surface area contributed by atoms with Gasteiger partial charge in [0.25, 0.3) is 0 Å². The molecule has 0 spiro atoms. The number of hydrogen-bond acceptors (Lipinski definition) is 5. The number of methoxy groups -OCH3 is 1. The normalized spacial score (nSPS) is 11.9. The van der Waals surface area contributed by atoms with Crippen LogP contribution in [0.2, 0.25) is 0 Å². The fraction of sp³-hybridized carbons (Fsp3) is 0.467. The van der Waals surface area contributed by atoms with Crippen molar-refractivity contribution in [3.8, 4) is 11.5 Å². The third-order valence-corrected chi connectivity index (χ3v) is 6.14. The summed E-state index contributed by atoms with van der Waals surface area (Å²) in [4.78, 5) is 24.4. The minimum Gasteiger partial charge on any atom is -0.497 e. The Hall–Kier alpha value is -3.32. The number of hydrogen-bond donors (Lipinski definition) is 2. The molecule has 0 bridgehead atoms. The zero-order chi connectivity index (χ0) is 27.0. The average molecular weight is 512 g/mol. The topological polar surface area (TPSA) is 96.3 Å². The first-order chi connectivity index (χ1) is 17.8. The predicted molar refractivity (Wildman–Crippen MR) is 146 cm³/mol. The summed E-state index contributed by atoms with van der Waals surface area (Å²) in [6.45, 7) is 0.540. The Labute approximate surface area is 220 Å². The number of aliphatic carboxylic acids is 1. The second-order valence-electron chi connectivity index (χ2n) is 9.33. The molecule has 7 heteroatoms. The van der Waals surface area contributed by atoms with E-state index in [9.17, 15) is 14.7 Å². The van der Waals surface area contributed by atoms with E-state index in [-0.39, 0.29) is 12.3 Å². The number of allylic oxidation sites excluding steroid dienone is 1. The zero-order valence-electron chi connectivity index (χ0n) is 22.3. The van der Waals surface area contributed by atoms with E-state index < -0.39 is 12.1 Å². The summed E-state index contributed by atoms with van der Waals surface area (Å²) >= 11 is 0. The first kappa shape index (κ1) is 29.9. The van der Waals surface area contributed by atoms with Crippen molar-refractivity contribution in [2.45, 2.75) is 63.9 Å². The van der Waals surface area contributed by atoms with E-state index >= 15 is 0 Å². The van der Waals surface area contributed by atoms with Crippen molar-refractivity contribution >= 4 is 18.0 Å². The van der Waals surface area contributed by atoms with Crippen LogP contribution in [0.3, 0.4) is 0 Å². The number of carbonyl (C=O) groups is 2. The van der Waals surface area contributed by atoms with Crippen molar-refractivity contribution in [2.75, 3.05) is 27.8 Å². The minimum atomic E-state index is -0.869. The number of unbranched alkanes of at least 4 members (excludes halogenated alkanes) is 3. The van der Waals surface area contributed by atoms with Gasteiger partial charge in [0, 0.05) is 26.9 Å². The third-order valence-electron chi connectivity index (χ3n) is 6.14. The van der Waals surface area contributed by atoms with E-state index in [1.54, 1.807) is 26.1 Å². The van der Waals surface area contributed by atoms with E-state index in [0.717, 1.165) is 54.5 Å². The lowest BCUT2D eigenvalue weighted by Crippen LogP contribution is -2.21. The molecule has 0 saturated carbocycles. The molecule has 1 amide bonds. The minimum absolute atomic E-state index is 0.00128. The molecule has 0 aliphatic heterocycles. The zero-order valence-corrected chi connectivity index (χ0v) is 22.3. The standard InChI is InChI=1S/C30H41NO6/c1-31(2)29(33)12-8-7-11-27(32)24-15-19-28(25(22-24)16-20-30(34)35)37-21-9-5-4-6-10-23-13-17-26(36-3)18-14-23/h6,10,13-15,17-19,22,27,32H,4-5,7-9,11-12,16,20-21H2,1-3H3,(H,34,35). The summed E-state index contributed by atoms with van der Waals surface area (Å²) in [5.41, 5.74) is 2.67. The number of aliphatic hydroxyl groups excluding tert-OH is 1. The smallest absolute Gasteiger partial charge is 0.303 e. The maximum absolute atomic E-state index is 11.7. The van der Waals surface area contributed by atoms with Gasteiger partial charge in [-0.3, -0.25) is 9.59 Å². The van der Waals surface area contributed by atoms with E-state index in [1.165, 1.54) is 0 Å². The van der Waals surface area contributed by atoms with E-state index in [2.05, 4.69) is 12.2 Å². The number of rotatable bonds is 17. The van der Waals surface area contributed by atoms with Crippen LogP contribution in [0.4, 0.5) is 0 Å². The van der Waals surface area contributed by atoms with Gasteiger partial charge in [-0.15, -0.1) is 0 Å². The van der Waals surface area contributed by atoms with Gasteiger partial charge in [0.05, 0.1) is 19.8 Å². The SMILES string of the molecule is COc1ccc(C=CCCCCOc2ccc(C(O)CCCCC(=O)N(C)C)cc2CCC(=O)O)cc1. The van der Waals surface area contributed by atoms with E-state index in [1.807, 2.05) is 42.5 Å². The van der Waals surface area contributed by atoms with Gasteiger partial charge in [0.2, 0.25) is 5.91 Å². The van der Waals surface area contributed by atoms with Gasteiger partial charge in [-0.1, -0.05) is 36.8 Å². The molecular formula is C30H41NO6. The highest BCUT2D eigenvalue weighted by Crippen LogP contribution is 2.28. The number of carboxylic acid groups (broad SMARTS) is 1. The van der Waals surface area contributed by atoms with Crippen molar-refractivity contribution in [2.24, 2.45) is 0 Å². The molecule has 2 aromatic rings. The van der Waals surface area contributed by atoms with Crippen LogP contribution < -0.4 is 9.47 Å². The fourth-order valence-corrected chi connectivity index (χ4v) is 3.87. The second kappa shape index (κ2) is 16.4. The van der Waals surface area contributed by atoms with Crippen LogP contribution in [0, 0.1) is 0 Å². The van der Waals surface area contributed by atoms with Gasteiger partial charge in [-0.05, 0) is 79.5 Å². The largest absolute Gasteiger partial charge is 0.497 e. The Morgan fingerprint density at radius 3 is 2.43 bits per heavy atom. The summed E-state index contributed by atoms with van der Waals surface area (Å²) in [7, 11) is 5.13. The molecule has 2 aromatic carbocycles. The predicted octanol–water partition coefficient (Wildman–Crippen LogP) is 5.66. The first-order valence-corrected chi connectivity index (χ1v) is 13.0. The molecule has 2 rings (SSSR count). The van der Waals surface area contributed by atoms with Crippen LogP contribution in [-0.2, 0) is 16.0 Å². The number of carboxylic acids is 1. The molecule has 2 N–H and O–H groups in total. The molecule has 0 aliphatic carbocycles. The van der Waals surface area contributed by atoms with E-state index in [4.69, 9.17) is 14.6 Å². The van der Waals surface area contributed by atoms with Gasteiger partial charge in [0.15, 0.2) is 0 Å². The van der Waals surface area contributed by atoms with Gasteiger partial charge >= 0.3 is 5.97 Å². The fourth-order valence-electron chi connectivity index (χ4n) is 3.87.